The van der Waals surface area contributed by atoms with Gasteiger partial charge in [-0.2, -0.15) is 0 Å². The average Bonchev–Trinajstić information content (AvgIpc) is 3.36. The van der Waals surface area contributed by atoms with E-state index < -0.39 is 0 Å². The van der Waals surface area contributed by atoms with E-state index in [0.717, 1.165) is 75.3 Å². The van der Waals surface area contributed by atoms with Crippen molar-refractivity contribution < 1.29 is 19.1 Å². The van der Waals surface area contributed by atoms with Crippen molar-refractivity contribution in [1.29, 1.82) is 0 Å². The van der Waals surface area contributed by atoms with E-state index in [-0.39, 0.29) is 29.2 Å². The van der Waals surface area contributed by atoms with Crippen LogP contribution in [0.25, 0.3) is 5.57 Å². The minimum Gasteiger partial charge on any atom is -0.496 e. The molecule has 0 radical (unpaired) electrons. The molecule has 4 heteroatoms. The number of carbonyl (C=O) groups is 3. The van der Waals surface area contributed by atoms with E-state index in [0.29, 0.717) is 35.1 Å². The van der Waals surface area contributed by atoms with Crippen LogP contribution in [-0.2, 0) is 16.0 Å². The number of fused-ring (bicyclic) bond motifs is 1. The molecule has 0 amide bonds. The number of hydrogen-bond donors (Lipinski definition) is 0. The van der Waals surface area contributed by atoms with Crippen molar-refractivity contribution >= 4 is 22.9 Å². The van der Waals surface area contributed by atoms with Crippen LogP contribution in [0.5, 0.6) is 5.75 Å². The Kier molecular flexibility index (Phi) is 7.92. The van der Waals surface area contributed by atoms with Gasteiger partial charge >= 0.3 is 0 Å². The number of Topliss-reactive ketones (excluding diaryl/α,β-unsaturated/α-hetero) is 3. The van der Waals surface area contributed by atoms with Gasteiger partial charge in [0.05, 0.1) is 12.7 Å². The van der Waals surface area contributed by atoms with E-state index in [9.17, 15) is 14.4 Å². The second kappa shape index (κ2) is 11.3. The lowest BCUT2D eigenvalue weighted by molar-refractivity contribution is -0.136. The number of hydrogen-bond acceptors (Lipinski definition) is 4. The van der Waals surface area contributed by atoms with Crippen molar-refractivity contribution in [2.75, 3.05) is 7.11 Å². The standard InChI is InChI=1S/C33H40O4/c1-21-8-10-22(11-9-21)18-23-12-14-25(15-13-23)31(34)29-20-28-26(19-30(29)37-2)16-17-27(28)33(36)32(35)24-6-4-3-5-7-24/h8-10,17,19-20,22-25H,3-7,11-16,18H2,1-2H3. The molecule has 5 rings (SSSR count). The van der Waals surface area contributed by atoms with Crippen LogP contribution in [0.3, 0.4) is 0 Å². The van der Waals surface area contributed by atoms with Crippen LogP contribution in [-0.4, -0.2) is 24.5 Å². The Morgan fingerprint density at radius 3 is 2.35 bits per heavy atom. The number of rotatable bonds is 8. The summed E-state index contributed by atoms with van der Waals surface area (Å²) in [6.07, 6.45) is 20.5. The number of ether oxygens (including phenoxy) is 1. The Balaban J connectivity index is 1.27. The maximum Gasteiger partial charge on any atom is 0.229 e. The molecule has 1 atom stereocenters. The van der Waals surface area contributed by atoms with Gasteiger partial charge in [0.2, 0.25) is 11.6 Å². The molecule has 0 saturated heterocycles. The fourth-order valence-corrected chi connectivity index (χ4v) is 6.88. The molecule has 0 bridgehead atoms. The first-order chi connectivity index (χ1) is 17.9. The van der Waals surface area contributed by atoms with Gasteiger partial charge in [-0.15, -0.1) is 0 Å². The van der Waals surface area contributed by atoms with E-state index in [1.54, 1.807) is 7.11 Å². The van der Waals surface area contributed by atoms with Crippen molar-refractivity contribution in [2.24, 2.45) is 23.7 Å². The molecule has 2 saturated carbocycles. The van der Waals surface area contributed by atoms with E-state index in [4.69, 9.17) is 4.74 Å². The quantitative estimate of drug-likeness (QED) is 0.278. The van der Waals surface area contributed by atoms with Crippen LogP contribution in [0.15, 0.2) is 42.0 Å². The van der Waals surface area contributed by atoms with E-state index in [1.165, 1.54) is 12.0 Å². The van der Waals surface area contributed by atoms with Crippen LogP contribution >= 0.6 is 0 Å². The average molecular weight is 501 g/mol. The first kappa shape index (κ1) is 25.9. The lowest BCUT2D eigenvalue weighted by atomic mass is 9.74. The second-order valence-electron chi connectivity index (χ2n) is 11.7. The van der Waals surface area contributed by atoms with Gasteiger partial charge in [-0.1, -0.05) is 49.1 Å². The summed E-state index contributed by atoms with van der Waals surface area (Å²) in [4.78, 5) is 39.9. The predicted molar refractivity (Wildman–Crippen MR) is 147 cm³/mol. The van der Waals surface area contributed by atoms with Crippen LogP contribution < -0.4 is 4.74 Å². The Bertz CT molecular complexity index is 1150. The highest BCUT2D eigenvalue weighted by Gasteiger charge is 2.34. The Hall–Kier alpha value is -2.75. The maximum atomic E-state index is 13.7. The van der Waals surface area contributed by atoms with Gasteiger partial charge in [-0.05, 0) is 99.8 Å². The Labute approximate surface area is 221 Å². The molecule has 1 aromatic rings. The summed E-state index contributed by atoms with van der Waals surface area (Å²) in [7, 11) is 1.60. The van der Waals surface area contributed by atoms with Crippen LogP contribution in [0.4, 0.5) is 0 Å². The van der Waals surface area contributed by atoms with Gasteiger partial charge < -0.3 is 4.74 Å². The summed E-state index contributed by atoms with van der Waals surface area (Å²) < 4.78 is 5.64. The zero-order valence-electron chi connectivity index (χ0n) is 22.4. The molecule has 1 aromatic carbocycles. The third kappa shape index (κ3) is 5.58. The number of ketones is 3. The Morgan fingerprint density at radius 1 is 0.919 bits per heavy atom. The third-order valence-corrected chi connectivity index (χ3v) is 9.18. The van der Waals surface area contributed by atoms with Crippen LogP contribution in [0, 0.1) is 23.7 Å². The van der Waals surface area contributed by atoms with Gasteiger partial charge in [-0.25, -0.2) is 0 Å². The van der Waals surface area contributed by atoms with E-state index >= 15 is 0 Å². The normalized spacial score (nSPS) is 25.7. The molecule has 4 aliphatic carbocycles. The van der Waals surface area contributed by atoms with Gasteiger partial charge in [0, 0.05) is 17.4 Å². The van der Waals surface area contributed by atoms with Crippen molar-refractivity contribution in [3.8, 4) is 5.75 Å². The summed E-state index contributed by atoms with van der Waals surface area (Å²) >= 11 is 0. The minimum absolute atomic E-state index is 0.0133. The summed E-state index contributed by atoms with van der Waals surface area (Å²) in [5.74, 6) is 1.20. The first-order valence-corrected chi connectivity index (χ1v) is 14.3. The molecule has 2 fully saturated rings. The van der Waals surface area contributed by atoms with Crippen LogP contribution in [0.2, 0.25) is 0 Å². The molecule has 0 heterocycles. The lowest BCUT2D eigenvalue weighted by Crippen LogP contribution is -2.26. The summed E-state index contributed by atoms with van der Waals surface area (Å²) in [5, 5.41) is 0. The summed E-state index contributed by atoms with van der Waals surface area (Å²) in [6, 6.07) is 3.75. The van der Waals surface area contributed by atoms with Crippen molar-refractivity contribution in [1.82, 2.24) is 0 Å². The van der Waals surface area contributed by atoms with Gasteiger partial charge in [-0.3, -0.25) is 14.4 Å². The van der Waals surface area contributed by atoms with E-state index in [1.807, 2.05) is 18.2 Å². The number of carbonyl (C=O) groups excluding carboxylic acids is 3. The molecule has 37 heavy (non-hydrogen) atoms. The fourth-order valence-electron chi connectivity index (χ4n) is 6.88. The van der Waals surface area contributed by atoms with Crippen LogP contribution in [0.1, 0.15) is 99.0 Å². The zero-order valence-corrected chi connectivity index (χ0v) is 22.4. The van der Waals surface area contributed by atoms with Crippen molar-refractivity contribution in [3.05, 3.63) is 58.7 Å². The topological polar surface area (TPSA) is 60.4 Å². The third-order valence-electron chi connectivity index (χ3n) is 9.18. The molecule has 0 spiro atoms. The fraction of sp³-hybridized carbons (Fsp3) is 0.545. The molecule has 0 aromatic heterocycles. The van der Waals surface area contributed by atoms with Gasteiger partial charge in [0.25, 0.3) is 0 Å². The number of benzene rings is 1. The van der Waals surface area contributed by atoms with Crippen molar-refractivity contribution in [3.63, 3.8) is 0 Å². The zero-order chi connectivity index (χ0) is 25.9. The highest BCUT2D eigenvalue weighted by molar-refractivity contribution is 6.54. The molecule has 0 aliphatic heterocycles. The number of allylic oxidation sites excluding steroid dienone is 6. The summed E-state index contributed by atoms with van der Waals surface area (Å²) in [6.45, 7) is 2.15. The Morgan fingerprint density at radius 2 is 1.68 bits per heavy atom. The second-order valence-corrected chi connectivity index (χ2v) is 11.7. The summed E-state index contributed by atoms with van der Waals surface area (Å²) in [5.41, 5.74) is 4.11. The van der Waals surface area contributed by atoms with Gasteiger partial charge in [0.15, 0.2) is 5.78 Å². The predicted octanol–water partition coefficient (Wildman–Crippen LogP) is 7.25. The minimum atomic E-state index is -0.378. The first-order valence-electron chi connectivity index (χ1n) is 14.3. The largest absolute Gasteiger partial charge is 0.496 e. The SMILES string of the molecule is COc1cc2c(cc1C(=O)C1CCC(CC3C=CC(C)=CC3)CC1)C(C(=O)C(=O)C1CCCCC1)=CC2. The van der Waals surface area contributed by atoms with E-state index in [2.05, 4.69) is 25.2 Å². The lowest BCUT2D eigenvalue weighted by Gasteiger charge is -2.30. The number of methoxy groups -OCH3 is 1. The van der Waals surface area contributed by atoms with Crippen molar-refractivity contribution in [2.45, 2.75) is 84.0 Å². The molecule has 0 N–H and O–H groups in total. The molecule has 4 nitrogen and oxygen atoms in total. The molecule has 4 aliphatic rings. The molecule has 196 valence electrons. The highest BCUT2D eigenvalue weighted by atomic mass is 16.5. The highest BCUT2D eigenvalue weighted by Crippen LogP contribution is 2.40. The van der Waals surface area contributed by atoms with Gasteiger partial charge in [0.1, 0.15) is 5.75 Å². The maximum absolute atomic E-state index is 13.7. The smallest absolute Gasteiger partial charge is 0.229 e. The molecule has 1 unspecified atom stereocenters. The monoisotopic (exact) mass is 500 g/mol. The molecular formula is C33H40O4. The molecular weight excluding hydrogens is 460 g/mol.